The van der Waals surface area contributed by atoms with Crippen molar-refractivity contribution in [1.29, 1.82) is 0 Å². The summed E-state index contributed by atoms with van der Waals surface area (Å²) >= 11 is 0. The second-order valence-electron chi connectivity index (χ2n) is 5.37. The van der Waals surface area contributed by atoms with Gasteiger partial charge in [0.25, 0.3) is 10.0 Å². The van der Waals surface area contributed by atoms with Crippen LogP contribution < -0.4 is 4.72 Å². The van der Waals surface area contributed by atoms with Gasteiger partial charge < -0.3 is 9.47 Å². The number of rotatable bonds is 5. The van der Waals surface area contributed by atoms with Crippen LogP contribution in [0.25, 0.3) is 0 Å². The van der Waals surface area contributed by atoms with E-state index in [1.165, 1.54) is 6.07 Å². The highest BCUT2D eigenvalue weighted by molar-refractivity contribution is 7.90. The van der Waals surface area contributed by atoms with Crippen molar-refractivity contribution in [2.75, 3.05) is 13.2 Å². The Labute approximate surface area is 138 Å². The molecular formula is C15H16N2O6S. The first kappa shape index (κ1) is 16.4. The van der Waals surface area contributed by atoms with Crippen LogP contribution in [-0.4, -0.2) is 45.4 Å². The fourth-order valence-electron chi connectivity index (χ4n) is 2.47. The minimum Gasteiger partial charge on any atom is -0.463 e. The monoisotopic (exact) mass is 352 g/mol. The minimum absolute atomic E-state index is 0.0922. The van der Waals surface area contributed by atoms with Crippen molar-refractivity contribution in [3.05, 3.63) is 29.8 Å². The zero-order chi connectivity index (χ0) is 17.2. The maximum atomic E-state index is 11.9. The molecule has 1 N–H and O–H groups in total. The number of esters is 2. The average Bonchev–Trinajstić information content (AvgIpc) is 3.06. The Morgan fingerprint density at radius 3 is 2.92 bits per heavy atom. The third-order valence-electron chi connectivity index (χ3n) is 3.63. The average molecular weight is 352 g/mol. The van der Waals surface area contributed by atoms with Crippen LogP contribution in [0.4, 0.5) is 0 Å². The van der Waals surface area contributed by atoms with E-state index in [0.717, 1.165) is 0 Å². The molecule has 9 heteroatoms. The Morgan fingerprint density at radius 1 is 1.38 bits per heavy atom. The fourth-order valence-corrected chi connectivity index (χ4v) is 3.72. The van der Waals surface area contributed by atoms with Crippen molar-refractivity contribution in [2.24, 2.45) is 4.99 Å². The molecule has 24 heavy (non-hydrogen) atoms. The lowest BCUT2D eigenvalue weighted by atomic mass is 10.2. The number of carbonyl (C=O) groups is 2. The molecule has 2 heterocycles. The number of nitrogens with zero attached hydrogens (tertiary/aromatic N) is 1. The van der Waals surface area contributed by atoms with Gasteiger partial charge in [0.15, 0.2) is 0 Å². The Balaban J connectivity index is 1.52. The lowest BCUT2D eigenvalue weighted by molar-refractivity contribution is -0.160. The Kier molecular flexibility index (Phi) is 4.52. The summed E-state index contributed by atoms with van der Waals surface area (Å²) in [6.07, 6.45) is 0.0475. The molecule has 1 saturated heterocycles. The summed E-state index contributed by atoms with van der Waals surface area (Å²) in [6, 6.07) is 6.56. The summed E-state index contributed by atoms with van der Waals surface area (Å²) in [5.74, 6) is -0.731. The summed E-state index contributed by atoms with van der Waals surface area (Å²) in [7, 11) is -3.55. The number of fused-ring (bicyclic) bond motifs is 1. The predicted molar refractivity (Wildman–Crippen MR) is 82.9 cm³/mol. The zero-order valence-corrected chi connectivity index (χ0v) is 13.5. The number of nitrogens with one attached hydrogen (secondary N) is 1. The second-order valence-corrected chi connectivity index (χ2v) is 7.02. The van der Waals surface area contributed by atoms with Gasteiger partial charge >= 0.3 is 11.9 Å². The number of cyclic esters (lactones) is 1. The van der Waals surface area contributed by atoms with E-state index in [2.05, 4.69) is 9.71 Å². The van der Waals surface area contributed by atoms with Gasteiger partial charge in [0.05, 0.1) is 11.5 Å². The lowest BCUT2D eigenvalue weighted by Gasteiger charge is -2.07. The minimum atomic E-state index is -3.55. The number of carbonyl (C=O) groups excluding carboxylic acids is 2. The summed E-state index contributed by atoms with van der Waals surface area (Å²) in [4.78, 5) is 27.3. The molecule has 0 aliphatic carbocycles. The van der Waals surface area contributed by atoms with E-state index < -0.39 is 28.1 Å². The molecule has 2 aliphatic rings. The van der Waals surface area contributed by atoms with Crippen LogP contribution in [0, 0.1) is 0 Å². The predicted octanol–water partition coefficient (Wildman–Crippen LogP) is 0.364. The van der Waals surface area contributed by atoms with Gasteiger partial charge in [-0.25, -0.2) is 13.2 Å². The SMILES string of the molecule is O=C(CCCN=C1NS(=O)(=O)c2ccccc21)OC1CCOC1=O. The quantitative estimate of drug-likeness (QED) is 0.605. The molecule has 0 radical (unpaired) electrons. The molecule has 0 spiro atoms. The number of ether oxygens (including phenoxy) is 2. The van der Waals surface area contributed by atoms with Crippen LogP contribution in [0.15, 0.2) is 34.2 Å². The molecule has 1 unspecified atom stereocenters. The van der Waals surface area contributed by atoms with Gasteiger partial charge in [-0.05, 0) is 18.6 Å². The van der Waals surface area contributed by atoms with Crippen LogP contribution in [0.1, 0.15) is 24.8 Å². The standard InChI is InChI=1S/C15H16N2O6S/c18-13(23-11-7-9-22-15(11)19)6-3-8-16-14-10-4-1-2-5-12(10)24(20,21)17-14/h1-2,4-5,11H,3,6-9H2,(H,16,17). The first-order chi connectivity index (χ1) is 11.5. The first-order valence-corrected chi connectivity index (χ1v) is 8.98. The Morgan fingerprint density at radius 2 is 2.17 bits per heavy atom. The molecule has 1 atom stereocenters. The van der Waals surface area contributed by atoms with Gasteiger partial charge in [0, 0.05) is 24.9 Å². The molecular weight excluding hydrogens is 336 g/mol. The number of benzene rings is 1. The van der Waals surface area contributed by atoms with Gasteiger partial charge in [-0.3, -0.25) is 14.5 Å². The van der Waals surface area contributed by atoms with E-state index in [1.54, 1.807) is 18.2 Å². The Bertz CT molecular complexity index is 802. The van der Waals surface area contributed by atoms with Gasteiger partial charge in [-0.1, -0.05) is 12.1 Å². The Hall–Kier alpha value is -2.42. The van der Waals surface area contributed by atoms with Gasteiger partial charge in [0.2, 0.25) is 6.10 Å². The van der Waals surface area contributed by atoms with E-state index >= 15 is 0 Å². The van der Waals surface area contributed by atoms with Crippen molar-refractivity contribution in [2.45, 2.75) is 30.3 Å². The highest BCUT2D eigenvalue weighted by atomic mass is 32.2. The third kappa shape index (κ3) is 3.40. The normalized spacial score (nSPS) is 22.8. The van der Waals surface area contributed by atoms with Crippen molar-refractivity contribution >= 4 is 27.8 Å². The molecule has 1 aromatic rings. The second kappa shape index (κ2) is 6.60. The highest BCUT2D eigenvalue weighted by Crippen LogP contribution is 2.22. The van der Waals surface area contributed by atoms with Crippen molar-refractivity contribution < 1.29 is 27.5 Å². The largest absolute Gasteiger partial charge is 0.463 e. The highest BCUT2D eigenvalue weighted by Gasteiger charge is 2.31. The molecule has 0 saturated carbocycles. The van der Waals surface area contributed by atoms with Crippen molar-refractivity contribution in [1.82, 2.24) is 4.72 Å². The van der Waals surface area contributed by atoms with Crippen LogP contribution in [-0.2, 0) is 29.1 Å². The van der Waals surface area contributed by atoms with E-state index in [1.807, 2.05) is 0 Å². The molecule has 0 amide bonds. The summed E-state index contributed by atoms with van der Waals surface area (Å²) in [5, 5.41) is 0. The summed E-state index contributed by atoms with van der Waals surface area (Å²) in [5.41, 5.74) is 0.522. The molecule has 3 rings (SSSR count). The zero-order valence-electron chi connectivity index (χ0n) is 12.7. The molecule has 1 fully saturated rings. The number of hydrogen-bond acceptors (Lipinski definition) is 7. The molecule has 0 aromatic heterocycles. The van der Waals surface area contributed by atoms with E-state index in [0.29, 0.717) is 18.4 Å². The maximum Gasteiger partial charge on any atom is 0.347 e. The molecule has 0 bridgehead atoms. The number of aliphatic imine (C=N–C) groups is 1. The van der Waals surface area contributed by atoms with Crippen molar-refractivity contribution in [3.8, 4) is 0 Å². The van der Waals surface area contributed by atoms with E-state index in [9.17, 15) is 18.0 Å². The molecule has 8 nitrogen and oxygen atoms in total. The molecule has 2 aliphatic heterocycles. The third-order valence-corrected chi connectivity index (χ3v) is 5.03. The number of sulfonamides is 1. The van der Waals surface area contributed by atoms with Crippen LogP contribution in [0.5, 0.6) is 0 Å². The van der Waals surface area contributed by atoms with Gasteiger partial charge in [-0.15, -0.1) is 0 Å². The van der Waals surface area contributed by atoms with Gasteiger partial charge in [0.1, 0.15) is 5.84 Å². The molecule has 1 aromatic carbocycles. The van der Waals surface area contributed by atoms with Crippen LogP contribution in [0.2, 0.25) is 0 Å². The first-order valence-electron chi connectivity index (χ1n) is 7.50. The smallest absolute Gasteiger partial charge is 0.347 e. The van der Waals surface area contributed by atoms with E-state index in [4.69, 9.17) is 9.47 Å². The number of hydrogen-bond donors (Lipinski definition) is 1. The van der Waals surface area contributed by atoms with Crippen LogP contribution >= 0.6 is 0 Å². The maximum absolute atomic E-state index is 11.9. The lowest BCUT2D eigenvalue weighted by Crippen LogP contribution is -2.23. The fraction of sp³-hybridized carbons (Fsp3) is 0.400. The summed E-state index contributed by atoms with van der Waals surface area (Å²) < 4.78 is 36.0. The molecule has 128 valence electrons. The van der Waals surface area contributed by atoms with Gasteiger partial charge in [-0.2, -0.15) is 0 Å². The van der Waals surface area contributed by atoms with Crippen molar-refractivity contribution in [3.63, 3.8) is 0 Å². The topological polar surface area (TPSA) is 111 Å². The van der Waals surface area contributed by atoms with Crippen LogP contribution in [0.3, 0.4) is 0 Å². The number of amidine groups is 1. The van der Waals surface area contributed by atoms with E-state index in [-0.39, 0.29) is 30.3 Å². The summed E-state index contributed by atoms with van der Waals surface area (Å²) in [6.45, 7) is 0.528.